The van der Waals surface area contributed by atoms with Crippen molar-refractivity contribution in [1.82, 2.24) is 4.90 Å². The van der Waals surface area contributed by atoms with E-state index in [-0.39, 0.29) is 70.3 Å². The molecule has 30 heavy (non-hydrogen) atoms. The van der Waals surface area contributed by atoms with Crippen molar-refractivity contribution in [3.05, 3.63) is 11.1 Å². The molecule has 0 saturated carbocycles. The second kappa shape index (κ2) is 14.7. The smallest absolute Gasteiger partial charge is 0.550 e. The molecule has 1 aliphatic rings. The zero-order valence-electron chi connectivity index (χ0n) is 17.3. The fraction of sp³-hybridized carbons (Fsp3) is 0.529. The SMILES string of the molecule is CC1=C(C)C(=O)N(CC(COC(=O)CCC(=O)[O-])OC(=O)CCC(=O)[O-])C1=O.[Na+].[Na+]. The molecular weight excluding hydrogens is 424 g/mol. The second-order valence-corrected chi connectivity index (χ2v) is 6.01. The van der Waals surface area contributed by atoms with E-state index in [1.165, 1.54) is 13.8 Å². The Morgan fingerprint density at radius 2 is 1.27 bits per heavy atom. The minimum atomic E-state index is -1.47. The maximum atomic E-state index is 12.1. The summed E-state index contributed by atoms with van der Waals surface area (Å²) in [7, 11) is 0. The van der Waals surface area contributed by atoms with E-state index in [2.05, 4.69) is 0 Å². The largest absolute Gasteiger partial charge is 1.00 e. The summed E-state index contributed by atoms with van der Waals surface area (Å²) in [6.07, 6.45) is -3.42. The summed E-state index contributed by atoms with van der Waals surface area (Å²) in [6.45, 7) is 1.93. The molecule has 0 spiro atoms. The molecule has 1 unspecified atom stereocenters. The molecule has 0 bridgehead atoms. The molecule has 13 heteroatoms. The van der Waals surface area contributed by atoms with Crippen LogP contribution in [0.5, 0.6) is 0 Å². The van der Waals surface area contributed by atoms with Crippen LogP contribution in [0.2, 0.25) is 0 Å². The van der Waals surface area contributed by atoms with Crippen molar-refractivity contribution in [3.63, 3.8) is 0 Å². The Kier molecular flexibility index (Phi) is 15.2. The first-order chi connectivity index (χ1) is 13.0. The maximum Gasteiger partial charge on any atom is 1.00 e. The normalized spacial score (nSPS) is 13.9. The van der Waals surface area contributed by atoms with E-state index in [0.29, 0.717) is 0 Å². The first kappa shape index (κ1) is 30.9. The van der Waals surface area contributed by atoms with Gasteiger partial charge in [0.2, 0.25) is 0 Å². The Morgan fingerprint density at radius 3 is 1.70 bits per heavy atom. The van der Waals surface area contributed by atoms with E-state index in [9.17, 15) is 39.0 Å². The summed E-state index contributed by atoms with van der Waals surface area (Å²) in [5.74, 6) is -5.98. The number of esters is 2. The average molecular weight is 443 g/mol. The molecule has 0 aromatic carbocycles. The number of hydrogen-bond donors (Lipinski definition) is 0. The molecule has 11 nitrogen and oxygen atoms in total. The van der Waals surface area contributed by atoms with Crippen molar-refractivity contribution in [2.75, 3.05) is 13.2 Å². The summed E-state index contributed by atoms with van der Waals surface area (Å²) in [5.41, 5.74) is 0.441. The standard InChI is InChI=1S/C17H21NO10.2Na/c1-9-10(2)17(26)18(16(9)25)7-11(28-15(24)6-4-13(21)22)8-27-14(23)5-3-12(19)20;;/h11H,3-8H2,1-2H3,(H,19,20)(H,21,22);;/q;2*+1/p-2. The van der Waals surface area contributed by atoms with Crippen molar-refractivity contribution in [2.24, 2.45) is 0 Å². The van der Waals surface area contributed by atoms with Crippen molar-refractivity contribution in [3.8, 4) is 0 Å². The van der Waals surface area contributed by atoms with E-state index in [0.717, 1.165) is 4.90 Å². The molecule has 0 N–H and O–H groups in total. The summed E-state index contributed by atoms with van der Waals surface area (Å²) in [4.78, 5) is 69.1. The summed E-state index contributed by atoms with van der Waals surface area (Å²) >= 11 is 0. The van der Waals surface area contributed by atoms with Gasteiger partial charge < -0.3 is 29.3 Å². The molecule has 0 fully saturated rings. The Bertz CT molecular complexity index is 710. The summed E-state index contributed by atoms with van der Waals surface area (Å²) < 4.78 is 9.82. The number of carbonyl (C=O) groups excluding carboxylic acids is 6. The van der Waals surface area contributed by atoms with Gasteiger partial charge in [0.25, 0.3) is 11.8 Å². The van der Waals surface area contributed by atoms with E-state index < -0.39 is 80.6 Å². The Morgan fingerprint density at radius 1 is 0.833 bits per heavy atom. The van der Waals surface area contributed by atoms with Gasteiger partial charge in [0.05, 0.1) is 19.4 Å². The van der Waals surface area contributed by atoms with Crippen LogP contribution in [0.3, 0.4) is 0 Å². The van der Waals surface area contributed by atoms with Crippen LogP contribution >= 0.6 is 0 Å². The van der Waals surface area contributed by atoms with E-state index in [1.807, 2.05) is 0 Å². The van der Waals surface area contributed by atoms with Gasteiger partial charge in [0.15, 0.2) is 6.10 Å². The van der Waals surface area contributed by atoms with Crippen LogP contribution in [0.25, 0.3) is 0 Å². The molecule has 0 saturated heterocycles. The fourth-order valence-electron chi connectivity index (χ4n) is 2.22. The first-order valence-corrected chi connectivity index (χ1v) is 8.31. The van der Waals surface area contributed by atoms with Gasteiger partial charge in [-0.3, -0.25) is 24.1 Å². The van der Waals surface area contributed by atoms with Gasteiger partial charge in [-0.25, -0.2) is 0 Å². The monoisotopic (exact) mass is 443 g/mol. The van der Waals surface area contributed by atoms with Crippen molar-refractivity contribution < 1.29 is 108 Å². The fourth-order valence-corrected chi connectivity index (χ4v) is 2.22. The third-order valence-corrected chi connectivity index (χ3v) is 3.88. The number of carboxylic acid groups (broad SMARTS) is 2. The zero-order chi connectivity index (χ0) is 21.4. The van der Waals surface area contributed by atoms with Crippen molar-refractivity contribution in [2.45, 2.75) is 45.6 Å². The first-order valence-electron chi connectivity index (χ1n) is 8.31. The van der Waals surface area contributed by atoms with E-state index in [4.69, 9.17) is 9.47 Å². The minimum Gasteiger partial charge on any atom is -0.550 e. The van der Waals surface area contributed by atoms with Crippen LogP contribution in [0.4, 0.5) is 0 Å². The minimum absolute atomic E-state index is 0. The van der Waals surface area contributed by atoms with Gasteiger partial charge in [-0.05, 0) is 26.7 Å². The van der Waals surface area contributed by atoms with Gasteiger partial charge in [-0.1, -0.05) is 0 Å². The quantitative estimate of drug-likeness (QED) is 0.170. The number of rotatable bonds is 11. The molecule has 2 amide bonds. The summed E-state index contributed by atoms with van der Waals surface area (Å²) in [6, 6.07) is 0. The van der Waals surface area contributed by atoms with Crippen molar-refractivity contribution >= 4 is 35.7 Å². The van der Waals surface area contributed by atoms with Gasteiger partial charge in [0, 0.05) is 23.1 Å². The number of ether oxygens (including phenoxy) is 2. The topological polar surface area (TPSA) is 170 Å². The third-order valence-electron chi connectivity index (χ3n) is 3.88. The molecule has 0 radical (unpaired) electrons. The summed E-state index contributed by atoms with van der Waals surface area (Å²) in [5, 5.41) is 20.8. The van der Waals surface area contributed by atoms with Gasteiger partial charge >= 0.3 is 71.1 Å². The molecule has 154 valence electrons. The molecular formula is C17H19NNa2O10. The molecule has 1 heterocycles. The molecule has 0 aromatic heterocycles. The van der Waals surface area contributed by atoms with Crippen LogP contribution in [-0.2, 0) is 38.2 Å². The Balaban J connectivity index is 0. The van der Waals surface area contributed by atoms with Gasteiger partial charge in [-0.2, -0.15) is 0 Å². The predicted molar refractivity (Wildman–Crippen MR) is 84.4 cm³/mol. The molecule has 1 rings (SSSR count). The van der Waals surface area contributed by atoms with Crippen LogP contribution in [0, 0.1) is 0 Å². The van der Waals surface area contributed by atoms with Crippen LogP contribution in [0.1, 0.15) is 39.5 Å². The van der Waals surface area contributed by atoms with Gasteiger partial charge in [0.1, 0.15) is 6.61 Å². The molecule has 1 aliphatic heterocycles. The molecule has 1 atom stereocenters. The number of carbonyl (C=O) groups is 6. The zero-order valence-corrected chi connectivity index (χ0v) is 21.3. The van der Waals surface area contributed by atoms with Gasteiger partial charge in [-0.15, -0.1) is 0 Å². The Labute approximate surface area is 216 Å². The molecule has 0 aromatic rings. The van der Waals surface area contributed by atoms with E-state index in [1.54, 1.807) is 0 Å². The number of amides is 2. The van der Waals surface area contributed by atoms with Crippen molar-refractivity contribution in [1.29, 1.82) is 0 Å². The number of aliphatic carboxylic acids is 2. The number of hydrogen-bond acceptors (Lipinski definition) is 10. The van der Waals surface area contributed by atoms with Crippen LogP contribution < -0.4 is 69.3 Å². The number of nitrogens with zero attached hydrogens (tertiary/aromatic N) is 1. The maximum absolute atomic E-state index is 12.1. The average Bonchev–Trinajstić information content (AvgIpc) is 2.80. The van der Waals surface area contributed by atoms with Crippen LogP contribution in [0.15, 0.2) is 11.1 Å². The van der Waals surface area contributed by atoms with E-state index >= 15 is 0 Å². The Hall–Kier alpha value is -1.24. The number of carboxylic acids is 2. The molecule has 0 aliphatic carbocycles. The third kappa shape index (κ3) is 10.2. The van der Waals surface area contributed by atoms with Crippen LogP contribution in [-0.4, -0.2) is 59.8 Å². The number of imide groups is 1. The predicted octanol–water partition coefficient (Wildman–Crippen LogP) is -8.79. The second-order valence-electron chi connectivity index (χ2n) is 6.01.